The molecule has 0 bridgehead atoms. The largest absolute Gasteiger partial charge is 0.416 e. The van der Waals surface area contributed by atoms with Gasteiger partial charge in [0.2, 0.25) is 11.0 Å². The van der Waals surface area contributed by atoms with Gasteiger partial charge in [0, 0.05) is 35.7 Å². The van der Waals surface area contributed by atoms with Gasteiger partial charge in [-0.05, 0) is 35.2 Å². The standard InChI is InChI=1S/C22H17F3N4O2S/c23-22(24,25)18-5-3-13(4-6-18)17(12-30)10-19(31)27-21-29-28-20(32-21)15-1-2-16-11-26-8-7-14(16)9-15/h1-9,11,17,30H,10,12H2,(H,27,29,31). The van der Waals surface area contributed by atoms with Crippen LogP contribution >= 0.6 is 11.3 Å². The Labute approximate surface area is 184 Å². The number of aromatic nitrogens is 3. The zero-order chi connectivity index (χ0) is 22.7. The first-order valence-electron chi connectivity index (χ1n) is 9.59. The fourth-order valence-electron chi connectivity index (χ4n) is 3.23. The molecule has 2 aromatic carbocycles. The van der Waals surface area contributed by atoms with E-state index in [1.807, 2.05) is 24.3 Å². The van der Waals surface area contributed by atoms with Gasteiger partial charge in [-0.2, -0.15) is 13.2 Å². The highest BCUT2D eigenvalue weighted by molar-refractivity contribution is 7.18. The Bertz CT molecular complexity index is 1240. The molecule has 0 aliphatic carbocycles. The summed E-state index contributed by atoms with van der Waals surface area (Å²) < 4.78 is 38.2. The maximum absolute atomic E-state index is 12.7. The van der Waals surface area contributed by atoms with E-state index in [9.17, 15) is 23.1 Å². The van der Waals surface area contributed by atoms with E-state index >= 15 is 0 Å². The molecule has 4 aromatic rings. The van der Waals surface area contributed by atoms with Crippen LogP contribution in [0, 0.1) is 0 Å². The summed E-state index contributed by atoms with van der Waals surface area (Å²) >= 11 is 1.20. The maximum atomic E-state index is 12.7. The van der Waals surface area contributed by atoms with Gasteiger partial charge in [0.15, 0.2) is 0 Å². The van der Waals surface area contributed by atoms with Gasteiger partial charge in [-0.15, -0.1) is 10.2 Å². The van der Waals surface area contributed by atoms with Crippen molar-refractivity contribution in [2.24, 2.45) is 0 Å². The van der Waals surface area contributed by atoms with Crippen LogP contribution in [0.1, 0.15) is 23.5 Å². The fraction of sp³-hybridized carbons (Fsp3) is 0.182. The number of hydrogen-bond acceptors (Lipinski definition) is 6. The third kappa shape index (κ3) is 4.92. The number of pyridine rings is 1. The van der Waals surface area contributed by atoms with Gasteiger partial charge >= 0.3 is 6.18 Å². The summed E-state index contributed by atoms with van der Waals surface area (Å²) in [6.45, 7) is -0.383. The molecule has 4 rings (SSSR count). The predicted octanol–water partition coefficient (Wildman–Crippen LogP) is 4.88. The molecule has 1 atom stereocenters. The monoisotopic (exact) mass is 458 g/mol. The summed E-state index contributed by atoms with van der Waals surface area (Å²) in [4.78, 5) is 16.5. The van der Waals surface area contributed by atoms with Gasteiger partial charge in [-0.25, -0.2) is 0 Å². The Morgan fingerprint density at radius 1 is 1.06 bits per heavy atom. The molecular weight excluding hydrogens is 441 g/mol. The number of alkyl halides is 3. The Morgan fingerprint density at radius 3 is 2.56 bits per heavy atom. The molecule has 0 spiro atoms. The Kier molecular flexibility index (Phi) is 6.15. The zero-order valence-electron chi connectivity index (χ0n) is 16.5. The summed E-state index contributed by atoms with van der Waals surface area (Å²) in [6.07, 6.45) is -1.09. The van der Waals surface area contributed by atoms with E-state index < -0.39 is 23.6 Å². The molecule has 2 N–H and O–H groups in total. The smallest absolute Gasteiger partial charge is 0.396 e. The number of nitrogens with one attached hydrogen (secondary N) is 1. The predicted molar refractivity (Wildman–Crippen MR) is 115 cm³/mol. The molecule has 6 nitrogen and oxygen atoms in total. The lowest BCUT2D eigenvalue weighted by Crippen LogP contribution is -2.18. The van der Waals surface area contributed by atoms with Crippen LogP contribution in [0.15, 0.2) is 60.9 Å². The molecule has 2 heterocycles. The molecule has 0 aliphatic rings. The Hall–Kier alpha value is -3.37. The average molecular weight is 458 g/mol. The average Bonchev–Trinajstić information content (AvgIpc) is 3.25. The van der Waals surface area contributed by atoms with Crippen molar-refractivity contribution < 1.29 is 23.1 Å². The molecule has 10 heteroatoms. The third-order valence-electron chi connectivity index (χ3n) is 4.92. The molecule has 32 heavy (non-hydrogen) atoms. The molecule has 164 valence electrons. The minimum atomic E-state index is -4.44. The SMILES string of the molecule is O=C(CC(CO)c1ccc(C(F)(F)F)cc1)Nc1nnc(-c2ccc3cnccc3c2)s1. The van der Waals surface area contributed by atoms with Crippen molar-refractivity contribution in [2.75, 3.05) is 11.9 Å². The lowest BCUT2D eigenvalue weighted by Gasteiger charge is -2.15. The Morgan fingerprint density at radius 2 is 1.84 bits per heavy atom. The molecule has 0 saturated heterocycles. The minimum Gasteiger partial charge on any atom is -0.396 e. The highest BCUT2D eigenvalue weighted by Gasteiger charge is 2.30. The van der Waals surface area contributed by atoms with Crippen LogP contribution in [0.2, 0.25) is 0 Å². The summed E-state index contributed by atoms with van der Waals surface area (Å²) in [6, 6.07) is 12.1. The lowest BCUT2D eigenvalue weighted by molar-refractivity contribution is -0.137. The fourth-order valence-corrected chi connectivity index (χ4v) is 3.99. The topological polar surface area (TPSA) is 88.0 Å². The second kappa shape index (κ2) is 9.01. The summed E-state index contributed by atoms with van der Waals surface area (Å²) in [5.74, 6) is -1.06. The van der Waals surface area contributed by atoms with Crippen molar-refractivity contribution in [2.45, 2.75) is 18.5 Å². The van der Waals surface area contributed by atoms with E-state index in [1.54, 1.807) is 12.4 Å². The number of fused-ring (bicyclic) bond motifs is 1. The van der Waals surface area contributed by atoms with Gasteiger partial charge in [0.05, 0.1) is 12.2 Å². The molecule has 1 unspecified atom stereocenters. The number of anilines is 1. The number of aliphatic hydroxyl groups is 1. The van der Waals surface area contributed by atoms with E-state index in [4.69, 9.17) is 0 Å². The first kappa shape index (κ1) is 21.8. The van der Waals surface area contributed by atoms with Crippen LogP contribution in [0.3, 0.4) is 0 Å². The summed E-state index contributed by atoms with van der Waals surface area (Å²) in [5.41, 5.74) is 0.507. The van der Waals surface area contributed by atoms with Crippen molar-refractivity contribution in [1.29, 1.82) is 0 Å². The second-order valence-electron chi connectivity index (χ2n) is 7.10. The van der Waals surface area contributed by atoms with E-state index in [0.29, 0.717) is 15.7 Å². The summed E-state index contributed by atoms with van der Waals surface area (Å²) in [5, 5.41) is 23.3. The van der Waals surface area contributed by atoms with Crippen molar-refractivity contribution in [3.8, 4) is 10.6 Å². The van der Waals surface area contributed by atoms with Crippen LogP contribution in [0.5, 0.6) is 0 Å². The van der Waals surface area contributed by atoms with E-state index in [0.717, 1.165) is 28.5 Å². The van der Waals surface area contributed by atoms with Crippen LogP contribution < -0.4 is 5.32 Å². The summed E-state index contributed by atoms with van der Waals surface area (Å²) in [7, 11) is 0. The first-order chi connectivity index (χ1) is 15.3. The Balaban J connectivity index is 1.43. The van der Waals surface area contributed by atoms with Crippen molar-refractivity contribution in [1.82, 2.24) is 15.2 Å². The van der Waals surface area contributed by atoms with Crippen LogP contribution in [-0.2, 0) is 11.0 Å². The van der Waals surface area contributed by atoms with Crippen molar-refractivity contribution >= 4 is 33.1 Å². The van der Waals surface area contributed by atoms with E-state index in [2.05, 4.69) is 20.5 Å². The first-order valence-corrected chi connectivity index (χ1v) is 10.4. The van der Waals surface area contributed by atoms with Gasteiger partial charge in [0.25, 0.3) is 0 Å². The number of amides is 1. The van der Waals surface area contributed by atoms with Crippen LogP contribution in [0.4, 0.5) is 18.3 Å². The number of benzene rings is 2. The molecule has 2 aromatic heterocycles. The van der Waals surface area contributed by atoms with E-state index in [1.165, 1.54) is 23.5 Å². The second-order valence-corrected chi connectivity index (χ2v) is 8.08. The molecule has 1 amide bonds. The van der Waals surface area contributed by atoms with Crippen molar-refractivity contribution in [3.63, 3.8) is 0 Å². The number of aliphatic hydroxyl groups excluding tert-OH is 1. The lowest BCUT2D eigenvalue weighted by atomic mass is 9.95. The van der Waals surface area contributed by atoms with Gasteiger partial charge in [-0.1, -0.05) is 35.6 Å². The molecular formula is C22H17F3N4O2S. The van der Waals surface area contributed by atoms with Gasteiger partial charge in [0.1, 0.15) is 5.01 Å². The maximum Gasteiger partial charge on any atom is 0.416 e. The van der Waals surface area contributed by atoms with Crippen molar-refractivity contribution in [3.05, 3.63) is 72.1 Å². The van der Waals surface area contributed by atoms with Gasteiger partial charge in [-0.3, -0.25) is 9.78 Å². The van der Waals surface area contributed by atoms with Gasteiger partial charge < -0.3 is 10.4 Å². The number of carbonyl (C=O) groups excluding carboxylic acids is 1. The molecule has 0 aliphatic heterocycles. The number of nitrogens with zero attached hydrogens (tertiary/aromatic N) is 3. The van der Waals surface area contributed by atoms with Crippen LogP contribution in [0.25, 0.3) is 21.3 Å². The zero-order valence-corrected chi connectivity index (χ0v) is 17.3. The molecule has 0 radical (unpaired) electrons. The minimum absolute atomic E-state index is 0.111. The highest BCUT2D eigenvalue weighted by Crippen LogP contribution is 2.31. The molecule has 0 fully saturated rings. The number of halogens is 3. The normalized spacial score (nSPS) is 12.6. The van der Waals surface area contributed by atoms with E-state index in [-0.39, 0.29) is 13.0 Å². The molecule has 0 saturated carbocycles. The number of carbonyl (C=O) groups is 1. The number of hydrogen-bond donors (Lipinski definition) is 2. The highest BCUT2D eigenvalue weighted by atomic mass is 32.1. The third-order valence-corrected chi connectivity index (χ3v) is 5.81. The number of rotatable bonds is 6. The van der Waals surface area contributed by atoms with Crippen LogP contribution in [-0.4, -0.2) is 32.8 Å². The quantitative estimate of drug-likeness (QED) is 0.430.